The molecule has 0 unspecified atom stereocenters. The monoisotopic (exact) mass is 203 g/mol. The number of aryl methyl sites for hydroxylation is 1. The third kappa shape index (κ3) is 1.79. The second-order valence-corrected chi connectivity index (χ2v) is 3.73. The molecule has 1 aliphatic rings. The number of methoxy groups -OCH3 is 1. The number of ether oxygens (including phenoxy) is 1. The number of nitrogens with zero attached hydrogens (tertiary/aromatic N) is 3. The minimum Gasteiger partial charge on any atom is -0.378 e. The molecule has 0 atom stereocenters. The van der Waals surface area contributed by atoms with Gasteiger partial charge in [0.05, 0.1) is 17.7 Å². The van der Waals surface area contributed by atoms with Gasteiger partial charge in [-0.3, -0.25) is 0 Å². The first kappa shape index (κ1) is 9.94. The zero-order chi connectivity index (χ0) is 10.8. The Hall–Kier alpha value is -1.60. The SMILES string of the molecule is COC1CN(c2cc(C#N)c(C)cn2)C1. The van der Waals surface area contributed by atoms with Gasteiger partial charge in [0.2, 0.25) is 0 Å². The average Bonchev–Trinajstić information content (AvgIpc) is 2.19. The van der Waals surface area contributed by atoms with Gasteiger partial charge in [0.1, 0.15) is 5.82 Å². The van der Waals surface area contributed by atoms with Gasteiger partial charge >= 0.3 is 0 Å². The first-order valence-corrected chi connectivity index (χ1v) is 4.89. The van der Waals surface area contributed by atoms with Crippen LogP contribution in [0.15, 0.2) is 12.3 Å². The van der Waals surface area contributed by atoms with E-state index in [1.54, 1.807) is 13.3 Å². The highest BCUT2D eigenvalue weighted by molar-refractivity contribution is 5.50. The molecule has 1 fully saturated rings. The quantitative estimate of drug-likeness (QED) is 0.722. The van der Waals surface area contributed by atoms with Crippen molar-refractivity contribution >= 4 is 5.82 Å². The van der Waals surface area contributed by atoms with Crippen LogP contribution in [0.3, 0.4) is 0 Å². The highest BCUT2D eigenvalue weighted by Gasteiger charge is 2.27. The molecule has 0 spiro atoms. The highest BCUT2D eigenvalue weighted by atomic mass is 16.5. The largest absolute Gasteiger partial charge is 0.378 e. The number of anilines is 1. The van der Waals surface area contributed by atoms with Gasteiger partial charge in [-0.25, -0.2) is 4.98 Å². The molecule has 0 aliphatic carbocycles. The lowest BCUT2D eigenvalue weighted by Crippen LogP contribution is -2.52. The van der Waals surface area contributed by atoms with Crippen LogP contribution in [0.25, 0.3) is 0 Å². The fraction of sp³-hybridized carbons (Fsp3) is 0.455. The third-order valence-electron chi connectivity index (χ3n) is 2.71. The van der Waals surface area contributed by atoms with E-state index >= 15 is 0 Å². The van der Waals surface area contributed by atoms with Crippen molar-refractivity contribution in [2.24, 2.45) is 0 Å². The molecule has 0 radical (unpaired) electrons. The molecule has 4 heteroatoms. The van der Waals surface area contributed by atoms with Crippen LogP contribution in [0, 0.1) is 18.3 Å². The van der Waals surface area contributed by atoms with Crippen LogP contribution in [0.5, 0.6) is 0 Å². The number of hydrogen-bond acceptors (Lipinski definition) is 4. The number of pyridine rings is 1. The summed E-state index contributed by atoms with van der Waals surface area (Å²) in [5.41, 5.74) is 1.62. The summed E-state index contributed by atoms with van der Waals surface area (Å²) in [4.78, 5) is 6.40. The van der Waals surface area contributed by atoms with Crippen LogP contribution in [0.1, 0.15) is 11.1 Å². The summed E-state index contributed by atoms with van der Waals surface area (Å²) in [6.07, 6.45) is 2.05. The Morgan fingerprint density at radius 2 is 2.33 bits per heavy atom. The van der Waals surface area contributed by atoms with Crippen LogP contribution in [-0.2, 0) is 4.74 Å². The summed E-state index contributed by atoms with van der Waals surface area (Å²) < 4.78 is 5.18. The van der Waals surface area contributed by atoms with E-state index in [1.807, 2.05) is 13.0 Å². The maximum Gasteiger partial charge on any atom is 0.129 e. The first-order valence-electron chi connectivity index (χ1n) is 4.89. The van der Waals surface area contributed by atoms with Gasteiger partial charge in [0.25, 0.3) is 0 Å². The van der Waals surface area contributed by atoms with Crippen molar-refractivity contribution in [3.05, 3.63) is 23.4 Å². The molecule has 0 bridgehead atoms. The standard InChI is InChI=1S/C11H13N3O/c1-8-5-13-11(3-9(8)4-12)14-6-10(7-14)15-2/h3,5,10H,6-7H2,1-2H3. The molecular weight excluding hydrogens is 190 g/mol. The van der Waals surface area contributed by atoms with Crippen molar-refractivity contribution in [2.45, 2.75) is 13.0 Å². The van der Waals surface area contributed by atoms with E-state index in [9.17, 15) is 0 Å². The van der Waals surface area contributed by atoms with Crippen LogP contribution in [-0.4, -0.2) is 31.3 Å². The molecule has 4 nitrogen and oxygen atoms in total. The van der Waals surface area contributed by atoms with Gasteiger partial charge in [-0.15, -0.1) is 0 Å². The lowest BCUT2D eigenvalue weighted by atomic mass is 10.1. The smallest absolute Gasteiger partial charge is 0.129 e. The second-order valence-electron chi connectivity index (χ2n) is 3.73. The van der Waals surface area contributed by atoms with E-state index in [-0.39, 0.29) is 0 Å². The Bertz CT molecular complexity index is 405. The maximum absolute atomic E-state index is 8.89. The van der Waals surface area contributed by atoms with Crippen molar-refractivity contribution in [1.82, 2.24) is 4.98 Å². The fourth-order valence-electron chi connectivity index (χ4n) is 1.58. The Labute approximate surface area is 89.1 Å². The Balaban J connectivity index is 2.14. The molecule has 1 aromatic rings. The minimum atomic E-state index is 0.304. The van der Waals surface area contributed by atoms with Gasteiger partial charge < -0.3 is 9.64 Å². The van der Waals surface area contributed by atoms with Crippen LogP contribution >= 0.6 is 0 Å². The molecule has 2 heterocycles. The third-order valence-corrected chi connectivity index (χ3v) is 2.71. The summed E-state index contributed by atoms with van der Waals surface area (Å²) >= 11 is 0. The zero-order valence-corrected chi connectivity index (χ0v) is 8.90. The van der Waals surface area contributed by atoms with Crippen molar-refractivity contribution in [1.29, 1.82) is 5.26 Å². The molecule has 1 aromatic heterocycles. The van der Waals surface area contributed by atoms with Gasteiger partial charge in [0, 0.05) is 26.4 Å². The molecule has 0 amide bonds. The highest BCUT2D eigenvalue weighted by Crippen LogP contribution is 2.21. The second kappa shape index (κ2) is 3.87. The maximum atomic E-state index is 8.89. The molecular formula is C11H13N3O. The van der Waals surface area contributed by atoms with Crippen LogP contribution < -0.4 is 4.90 Å². The molecule has 78 valence electrons. The fourth-order valence-corrected chi connectivity index (χ4v) is 1.58. The van der Waals surface area contributed by atoms with E-state index in [0.717, 1.165) is 24.5 Å². The summed E-state index contributed by atoms with van der Waals surface area (Å²) in [6, 6.07) is 4.00. The number of nitriles is 1. The number of aromatic nitrogens is 1. The van der Waals surface area contributed by atoms with E-state index < -0.39 is 0 Å². The number of hydrogen-bond donors (Lipinski definition) is 0. The minimum absolute atomic E-state index is 0.304. The van der Waals surface area contributed by atoms with E-state index in [1.165, 1.54) is 0 Å². The van der Waals surface area contributed by atoms with Gasteiger partial charge in [-0.2, -0.15) is 5.26 Å². The van der Waals surface area contributed by atoms with E-state index in [2.05, 4.69) is 16.0 Å². The van der Waals surface area contributed by atoms with E-state index in [0.29, 0.717) is 11.7 Å². The lowest BCUT2D eigenvalue weighted by Gasteiger charge is -2.39. The zero-order valence-electron chi connectivity index (χ0n) is 8.90. The molecule has 0 aromatic carbocycles. The van der Waals surface area contributed by atoms with Gasteiger partial charge in [-0.05, 0) is 18.6 Å². The van der Waals surface area contributed by atoms with Gasteiger partial charge in [0.15, 0.2) is 0 Å². The summed E-state index contributed by atoms with van der Waals surface area (Å²) in [5, 5.41) is 8.89. The van der Waals surface area contributed by atoms with E-state index in [4.69, 9.17) is 10.00 Å². The predicted octanol–water partition coefficient (Wildman–Crippen LogP) is 1.10. The molecule has 2 rings (SSSR count). The summed E-state index contributed by atoms with van der Waals surface area (Å²) in [6.45, 7) is 3.61. The Kier molecular flexibility index (Phi) is 2.57. The van der Waals surface area contributed by atoms with Crippen LogP contribution in [0.4, 0.5) is 5.82 Å². The molecule has 0 N–H and O–H groups in total. The van der Waals surface area contributed by atoms with Crippen molar-refractivity contribution in [3.63, 3.8) is 0 Å². The molecule has 0 saturated carbocycles. The Morgan fingerprint density at radius 1 is 1.60 bits per heavy atom. The average molecular weight is 203 g/mol. The lowest BCUT2D eigenvalue weighted by molar-refractivity contribution is 0.0783. The molecule has 1 aliphatic heterocycles. The first-order chi connectivity index (χ1) is 7.24. The number of rotatable bonds is 2. The topological polar surface area (TPSA) is 49.1 Å². The Morgan fingerprint density at radius 3 is 2.93 bits per heavy atom. The van der Waals surface area contributed by atoms with Gasteiger partial charge in [-0.1, -0.05) is 0 Å². The molecule has 1 saturated heterocycles. The predicted molar refractivity (Wildman–Crippen MR) is 56.7 cm³/mol. The van der Waals surface area contributed by atoms with Crippen molar-refractivity contribution in [2.75, 3.05) is 25.1 Å². The van der Waals surface area contributed by atoms with Crippen molar-refractivity contribution < 1.29 is 4.74 Å². The van der Waals surface area contributed by atoms with Crippen LogP contribution in [0.2, 0.25) is 0 Å². The summed E-state index contributed by atoms with van der Waals surface area (Å²) in [7, 11) is 1.71. The van der Waals surface area contributed by atoms with Crippen molar-refractivity contribution in [3.8, 4) is 6.07 Å². The summed E-state index contributed by atoms with van der Waals surface area (Å²) in [5.74, 6) is 0.866. The molecule has 15 heavy (non-hydrogen) atoms. The normalized spacial score (nSPS) is 15.9.